The van der Waals surface area contributed by atoms with Crippen molar-refractivity contribution in [1.82, 2.24) is 10.2 Å². The van der Waals surface area contributed by atoms with Gasteiger partial charge in [0.25, 0.3) is 0 Å². The molecule has 0 saturated heterocycles. The van der Waals surface area contributed by atoms with Crippen molar-refractivity contribution in [3.63, 3.8) is 0 Å². The highest BCUT2D eigenvalue weighted by Gasteiger charge is 2.15. The van der Waals surface area contributed by atoms with Gasteiger partial charge in [0.05, 0.1) is 6.17 Å². The topological polar surface area (TPSA) is 41.3 Å². The molecule has 3 N–H and O–H groups in total. The fraction of sp³-hybridized carbons (Fsp3) is 1.00. The van der Waals surface area contributed by atoms with Crippen LogP contribution in [0, 0.1) is 5.92 Å². The van der Waals surface area contributed by atoms with Gasteiger partial charge in [0.15, 0.2) is 0 Å². The second kappa shape index (κ2) is 10.6. The predicted octanol–water partition coefficient (Wildman–Crippen LogP) is 2.95. The van der Waals surface area contributed by atoms with Crippen LogP contribution < -0.4 is 11.1 Å². The van der Waals surface area contributed by atoms with Crippen LogP contribution in [0.1, 0.15) is 64.7 Å². The van der Waals surface area contributed by atoms with E-state index in [4.69, 9.17) is 5.73 Å². The second-order valence-electron chi connectivity index (χ2n) is 6.17. The summed E-state index contributed by atoms with van der Waals surface area (Å²) in [6.07, 6.45) is 12.9. The molecule has 0 heterocycles. The van der Waals surface area contributed by atoms with E-state index in [9.17, 15) is 0 Å². The summed E-state index contributed by atoms with van der Waals surface area (Å²) in [5.41, 5.74) is 5.59. The van der Waals surface area contributed by atoms with Gasteiger partial charge in [-0.2, -0.15) is 0 Å². The molecule has 1 saturated carbocycles. The molecule has 0 aliphatic heterocycles. The molecule has 0 spiro atoms. The predicted molar refractivity (Wildman–Crippen MR) is 84.2 cm³/mol. The summed E-state index contributed by atoms with van der Waals surface area (Å²) in [4.78, 5) is 2.43. The van der Waals surface area contributed by atoms with E-state index in [-0.39, 0.29) is 0 Å². The largest absolute Gasteiger partial charge is 0.330 e. The van der Waals surface area contributed by atoms with Gasteiger partial charge in [-0.25, -0.2) is 0 Å². The molecular weight excluding hydrogens is 234 g/mol. The average molecular weight is 269 g/mol. The summed E-state index contributed by atoms with van der Waals surface area (Å²) in [5.74, 6) is 0.900. The quantitative estimate of drug-likeness (QED) is 0.666. The van der Waals surface area contributed by atoms with Gasteiger partial charge in [0, 0.05) is 6.54 Å². The Morgan fingerprint density at radius 1 is 1.16 bits per heavy atom. The van der Waals surface area contributed by atoms with Crippen LogP contribution in [0.5, 0.6) is 0 Å². The fourth-order valence-corrected chi connectivity index (χ4v) is 3.16. The van der Waals surface area contributed by atoms with E-state index in [1.165, 1.54) is 57.9 Å². The van der Waals surface area contributed by atoms with Crippen LogP contribution in [0.3, 0.4) is 0 Å². The Morgan fingerprint density at radius 3 is 2.37 bits per heavy atom. The van der Waals surface area contributed by atoms with Crippen LogP contribution in [0.2, 0.25) is 0 Å². The lowest BCUT2D eigenvalue weighted by atomic mass is 9.91. The summed E-state index contributed by atoms with van der Waals surface area (Å²) in [7, 11) is 2.22. The van der Waals surface area contributed by atoms with Gasteiger partial charge in [-0.05, 0) is 51.7 Å². The van der Waals surface area contributed by atoms with E-state index in [2.05, 4.69) is 24.2 Å². The minimum absolute atomic E-state index is 0.525. The molecule has 1 aliphatic rings. The van der Waals surface area contributed by atoms with Crippen molar-refractivity contribution in [2.75, 3.05) is 26.7 Å². The molecule has 1 unspecified atom stereocenters. The molecule has 0 radical (unpaired) electrons. The Morgan fingerprint density at radius 2 is 1.79 bits per heavy atom. The molecule has 0 aromatic rings. The first-order valence-corrected chi connectivity index (χ1v) is 8.41. The molecular formula is C16H35N3. The lowest BCUT2D eigenvalue weighted by Crippen LogP contribution is -2.45. The van der Waals surface area contributed by atoms with E-state index in [0.29, 0.717) is 6.17 Å². The monoisotopic (exact) mass is 269 g/mol. The van der Waals surface area contributed by atoms with Crippen molar-refractivity contribution in [1.29, 1.82) is 0 Å². The lowest BCUT2D eigenvalue weighted by molar-refractivity contribution is 0.185. The number of nitrogens with one attached hydrogen (secondary N) is 1. The first kappa shape index (κ1) is 16.9. The molecule has 0 amide bonds. The van der Waals surface area contributed by atoms with E-state index >= 15 is 0 Å². The maximum absolute atomic E-state index is 5.59. The number of nitrogens with two attached hydrogens (primary N) is 1. The molecule has 1 aliphatic carbocycles. The normalized spacial score (nSPS) is 20.2. The first-order chi connectivity index (χ1) is 9.27. The summed E-state index contributed by atoms with van der Waals surface area (Å²) >= 11 is 0. The smallest absolute Gasteiger partial charge is 0.0591 e. The zero-order chi connectivity index (χ0) is 13.9. The number of hydrogen-bond acceptors (Lipinski definition) is 3. The third-order valence-corrected chi connectivity index (χ3v) is 4.50. The summed E-state index contributed by atoms with van der Waals surface area (Å²) in [6, 6.07) is 0. The molecule has 1 fully saturated rings. The van der Waals surface area contributed by atoms with E-state index in [0.717, 1.165) is 25.4 Å². The van der Waals surface area contributed by atoms with Crippen molar-refractivity contribution in [3.8, 4) is 0 Å². The molecule has 114 valence electrons. The Balaban J connectivity index is 2.25. The van der Waals surface area contributed by atoms with Crippen molar-refractivity contribution < 1.29 is 0 Å². The summed E-state index contributed by atoms with van der Waals surface area (Å²) in [6.45, 7) is 5.37. The summed E-state index contributed by atoms with van der Waals surface area (Å²) < 4.78 is 0. The minimum Gasteiger partial charge on any atom is -0.330 e. The highest BCUT2D eigenvalue weighted by molar-refractivity contribution is 4.71. The van der Waals surface area contributed by atoms with Crippen LogP contribution in [0.25, 0.3) is 0 Å². The Hall–Kier alpha value is -0.120. The van der Waals surface area contributed by atoms with E-state index in [1.54, 1.807) is 0 Å². The Kier molecular flexibility index (Phi) is 9.48. The number of rotatable bonds is 8. The summed E-state index contributed by atoms with van der Waals surface area (Å²) in [5, 5.41) is 3.78. The van der Waals surface area contributed by atoms with Crippen molar-refractivity contribution >= 4 is 0 Å². The SMILES string of the molecule is CCC(NCC1CCCCCCC1)N(C)CCCN. The van der Waals surface area contributed by atoms with Gasteiger partial charge in [0.2, 0.25) is 0 Å². The lowest BCUT2D eigenvalue weighted by Gasteiger charge is -2.30. The molecule has 0 aromatic heterocycles. The maximum Gasteiger partial charge on any atom is 0.0591 e. The van der Waals surface area contributed by atoms with E-state index < -0.39 is 0 Å². The molecule has 0 aromatic carbocycles. The Labute approximate surface area is 120 Å². The molecule has 19 heavy (non-hydrogen) atoms. The van der Waals surface area contributed by atoms with Crippen molar-refractivity contribution in [2.24, 2.45) is 11.7 Å². The molecule has 3 nitrogen and oxygen atoms in total. The maximum atomic E-state index is 5.59. The minimum atomic E-state index is 0.525. The van der Waals surface area contributed by atoms with Gasteiger partial charge in [-0.1, -0.05) is 39.0 Å². The van der Waals surface area contributed by atoms with Crippen LogP contribution in [0.15, 0.2) is 0 Å². The van der Waals surface area contributed by atoms with Crippen molar-refractivity contribution in [2.45, 2.75) is 70.9 Å². The zero-order valence-electron chi connectivity index (χ0n) is 13.2. The third-order valence-electron chi connectivity index (χ3n) is 4.50. The zero-order valence-corrected chi connectivity index (χ0v) is 13.2. The van der Waals surface area contributed by atoms with Gasteiger partial charge >= 0.3 is 0 Å². The standard InChI is InChI=1S/C16H35N3/c1-3-16(19(2)13-9-12-17)18-14-15-10-7-5-4-6-8-11-15/h15-16,18H,3-14,17H2,1-2H3. The van der Waals surface area contributed by atoms with Gasteiger partial charge < -0.3 is 11.1 Å². The van der Waals surface area contributed by atoms with Gasteiger partial charge in [-0.3, -0.25) is 4.90 Å². The third kappa shape index (κ3) is 7.28. The van der Waals surface area contributed by atoms with Crippen LogP contribution in [0.4, 0.5) is 0 Å². The van der Waals surface area contributed by atoms with Crippen LogP contribution in [-0.4, -0.2) is 37.7 Å². The molecule has 1 rings (SSSR count). The molecule has 0 bridgehead atoms. The highest BCUT2D eigenvalue weighted by atomic mass is 15.2. The van der Waals surface area contributed by atoms with Gasteiger partial charge in [0.1, 0.15) is 0 Å². The number of hydrogen-bond donors (Lipinski definition) is 2. The van der Waals surface area contributed by atoms with Gasteiger partial charge in [-0.15, -0.1) is 0 Å². The highest BCUT2D eigenvalue weighted by Crippen LogP contribution is 2.21. The van der Waals surface area contributed by atoms with Crippen molar-refractivity contribution in [3.05, 3.63) is 0 Å². The average Bonchev–Trinajstić information content (AvgIpc) is 2.38. The van der Waals surface area contributed by atoms with Crippen LogP contribution >= 0.6 is 0 Å². The van der Waals surface area contributed by atoms with E-state index in [1.807, 2.05) is 0 Å². The Bertz CT molecular complexity index is 200. The second-order valence-corrected chi connectivity index (χ2v) is 6.17. The van der Waals surface area contributed by atoms with Crippen LogP contribution in [-0.2, 0) is 0 Å². The first-order valence-electron chi connectivity index (χ1n) is 8.41. The molecule has 3 heteroatoms. The number of nitrogens with zero attached hydrogens (tertiary/aromatic N) is 1. The molecule has 1 atom stereocenters. The fourth-order valence-electron chi connectivity index (χ4n) is 3.16.